The summed E-state index contributed by atoms with van der Waals surface area (Å²) < 4.78 is 7.52. The zero-order chi connectivity index (χ0) is 16.9. The van der Waals surface area contributed by atoms with E-state index in [-0.39, 0.29) is 6.09 Å². The minimum Gasteiger partial charge on any atom is -0.444 e. The van der Waals surface area contributed by atoms with Crippen molar-refractivity contribution in [2.24, 2.45) is 0 Å². The molecule has 2 heterocycles. The van der Waals surface area contributed by atoms with Crippen LogP contribution in [0.3, 0.4) is 0 Å². The van der Waals surface area contributed by atoms with Crippen LogP contribution in [0.2, 0.25) is 0 Å². The number of hydrogen-bond acceptors (Lipinski definition) is 4. The number of aromatic nitrogens is 2. The molecule has 0 bridgehead atoms. The lowest BCUT2D eigenvalue weighted by Gasteiger charge is -2.34. The zero-order valence-corrected chi connectivity index (χ0v) is 14.8. The van der Waals surface area contributed by atoms with Crippen LogP contribution in [0.1, 0.15) is 52.7 Å². The van der Waals surface area contributed by atoms with E-state index in [2.05, 4.69) is 23.4 Å². The largest absolute Gasteiger partial charge is 0.444 e. The predicted octanol–water partition coefficient (Wildman–Crippen LogP) is 2.78. The highest BCUT2D eigenvalue weighted by Gasteiger charge is 2.27. The minimum atomic E-state index is -0.440. The third-order valence-corrected chi connectivity index (χ3v) is 3.88. The number of piperidine rings is 1. The van der Waals surface area contributed by atoms with Gasteiger partial charge in [-0.05, 0) is 46.1 Å². The molecule has 1 aromatic heterocycles. The van der Waals surface area contributed by atoms with Crippen molar-refractivity contribution in [3.05, 3.63) is 18.0 Å². The van der Waals surface area contributed by atoms with Gasteiger partial charge in [-0.15, -0.1) is 0 Å². The quantitative estimate of drug-likeness (QED) is 0.905. The van der Waals surface area contributed by atoms with Crippen LogP contribution in [0.25, 0.3) is 0 Å². The van der Waals surface area contributed by atoms with Crippen LogP contribution in [0.5, 0.6) is 0 Å². The van der Waals surface area contributed by atoms with E-state index in [1.54, 1.807) is 0 Å². The maximum atomic E-state index is 12.2. The standard InChI is InChI=1S/C17H30N4O2/c1-5-10-21-15(8-9-19-21)12-18-14-7-6-11-20(13-14)16(22)23-17(2,3)4/h8-9,14,18H,5-7,10-13H2,1-4H3. The molecule has 0 radical (unpaired) electrons. The third kappa shape index (κ3) is 5.53. The minimum absolute atomic E-state index is 0.208. The summed E-state index contributed by atoms with van der Waals surface area (Å²) in [5.41, 5.74) is 0.755. The fourth-order valence-corrected chi connectivity index (χ4v) is 2.81. The van der Waals surface area contributed by atoms with Crippen LogP contribution >= 0.6 is 0 Å². The van der Waals surface area contributed by atoms with Crippen LogP contribution in [-0.4, -0.2) is 45.5 Å². The highest BCUT2D eigenvalue weighted by Crippen LogP contribution is 2.15. The van der Waals surface area contributed by atoms with E-state index in [1.807, 2.05) is 36.5 Å². The molecule has 0 aromatic carbocycles. The van der Waals surface area contributed by atoms with E-state index in [9.17, 15) is 4.79 Å². The number of aryl methyl sites for hydroxylation is 1. The highest BCUT2D eigenvalue weighted by atomic mass is 16.6. The fourth-order valence-electron chi connectivity index (χ4n) is 2.81. The molecule has 1 unspecified atom stereocenters. The summed E-state index contributed by atoms with van der Waals surface area (Å²) in [6.45, 7) is 11.1. The SMILES string of the molecule is CCCn1nccc1CNC1CCCN(C(=O)OC(C)(C)C)C1. The maximum Gasteiger partial charge on any atom is 0.410 e. The van der Waals surface area contributed by atoms with Crippen molar-refractivity contribution in [2.45, 2.75) is 71.7 Å². The molecule has 6 heteroatoms. The van der Waals surface area contributed by atoms with Gasteiger partial charge in [0.15, 0.2) is 0 Å². The molecule has 1 aliphatic heterocycles. The Hall–Kier alpha value is -1.56. The number of carbonyl (C=O) groups excluding carboxylic acids is 1. The third-order valence-electron chi connectivity index (χ3n) is 3.88. The average molecular weight is 322 g/mol. The van der Waals surface area contributed by atoms with Crippen molar-refractivity contribution in [1.29, 1.82) is 0 Å². The molecule has 1 saturated heterocycles. The Morgan fingerprint density at radius 1 is 1.48 bits per heavy atom. The summed E-state index contributed by atoms with van der Waals surface area (Å²) in [7, 11) is 0. The lowest BCUT2D eigenvalue weighted by Crippen LogP contribution is -2.49. The van der Waals surface area contributed by atoms with Gasteiger partial charge in [-0.2, -0.15) is 5.10 Å². The molecule has 1 fully saturated rings. The summed E-state index contributed by atoms with van der Waals surface area (Å²) in [4.78, 5) is 14.0. The Bertz CT molecular complexity index is 507. The Labute approximate surface area is 139 Å². The molecule has 130 valence electrons. The second-order valence-corrected chi connectivity index (χ2v) is 7.19. The van der Waals surface area contributed by atoms with Crippen LogP contribution in [0.15, 0.2) is 12.3 Å². The molecular formula is C17H30N4O2. The fraction of sp³-hybridized carbons (Fsp3) is 0.765. The first kappa shape index (κ1) is 17.8. The zero-order valence-electron chi connectivity index (χ0n) is 14.8. The van der Waals surface area contributed by atoms with Gasteiger partial charge in [-0.25, -0.2) is 4.79 Å². The van der Waals surface area contributed by atoms with Gasteiger partial charge in [0.2, 0.25) is 0 Å². The molecule has 1 aromatic rings. The summed E-state index contributed by atoms with van der Waals surface area (Å²) in [6, 6.07) is 2.36. The van der Waals surface area contributed by atoms with Crippen molar-refractivity contribution in [2.75, 3.05) is 13.1 Å². The topological polar surface area (TPSA) is 59.4 Å². The van der Waals surface area contributed by atoms with Crippen LogP contribution < -0.4 is 5.32 Å². The van der Waals surface area contributed by atoms with Crippen molar-refractivity contribution >= 4 is 6.09 Å². The average Bonchev–Trinajstić information content (AvgIpc) is 2.91. The molecule has 0 saturated carbocycles. The van der Waals surface area contributed by atoms with Crippen molar-refractivity contribution in [3.8, 4) is 0 Å². The van der Waals surface area contributed by atoms with Gasteiger partial charge in [0, 0.05) is 38.4 Å². The monoisotopic (exact) mass is 322 g/mol. The van der Waals surface area contributed by atoms with E-state index in [0.717, 1.165) is 38.9 Å². The Balaban J connectivity index is 1.84. The predicted molar refractivity (Wildman–Crippen MR) is 90.2 cm³/mol. The number of likely N-dealkylation sites (tertiary alicyclic amines) is 1. The van der Waals surface area contributed by atoms with Crippen LogP contribution in [-0.2, 0) is 17.8 Å². The Morgan fingerprint density at radius 3 is 2.96 bits per heavy atom. The number of amides is 1. The first-order chi connectivity index (χ1) is 10.9. The van der Waals surface area contributed by atoms with Gasteiger partial charge in [-0.1, -0.05) is 6.92 Å². The van der Waals surface area contributed by atoms with Crippen molar-refractivity contribution in [3.63, 3.8) is 0 Å². The summed E-state index contributed by atoms with van der Waals surface area (Å²) in [5.74, 6) is 0. The molecule has 23 heavy (non-hydrogen) atoms. The molecule has 1 aliphatic rings. The van der Waals surface area contributed by atoms with Crippen molar-refractivity contribution < 1.29 is 9.53 Å². The second kappa shape index (κ2) is 7.81. The molecule has 2 rings (SSSR count). The first-order valence-corrected chi connectivity index (χ1v) is 8.61. The van der Waals surface area contributed by atoms with E-state index >= 15 is 0 Å². The van der Waals surface area contributed by atoms with Crippen LogP contribution in [0.4, 0.5) is 4.79 Å². The molecule has 0 spiro atoms. The Kier molecular flexibility index (Phi) is 6.04. The number of hydrogen-bond donors (Lipinski definition) is 1. The van der Waals surface area contributed by atoms with Gasteiger partial charge in [0.1, 0.15) is 5.60 Å². The number of nitrogens with one attached hydrogen (secondary N) is 1. The molecule has 1 amide bonds. The first-order valence-electron chi connectivity index (χ1n) is 8.61. The number of nitrogens with zero attached hydrogens (tertiary/aromatic N) is 3. The molecule has 6 nitrogen and oxygen atoms in total. The highest BCUT2D eigenvalue weighted by molar-refractivity contribution is 5.68. The maximum absolute atomic E-state index is 12.2. The number of carbonyl (C=O) groups is 1. The normalized spacial score (nSPS) is 19.0. The molecule has 0 aliphatic carbocycles. The summed E-state index contributed by atoms with van der Waals surface area (Å²) >= 11 is 0. The van der Waals surface area contributed by atoms with Gasteiger partial charge in [0.25, 0.3) is 0 Å². The lowest BCUT2D eigenvalue weighted by atomic mass is 10.1. The molecule has 1 atom stereocenters. The van der Waals surface area contributed by atoms with Gasteiger partial charge >= 0.3 is 6.09 Å². The molecular weight excluding hydrogens is 292 g/mol. The van der Waals surface area contributed by atoms with Crippen LogP contribution in [0, 0.1) is 0 Å². The second-order valence-electron chi connectivity index (χ2n) is 7.19. The molecule has 1 N–H and O–H groups in total. The Morgan fingerprint density at radius 2 is 2.26 bits per heavy atom. The summed E-state index contributed by atoms with van der Waals surface area (Å²) in [6.07, 6.45) is 4.80. The van der Waals surface area contributed by atoms with E-state index in [0.29, 0.717) is 12.6 Å². The van der Waals surface area contributed by atoms with E-state index < -0.39 is 5.60 Å². The smallest absolute Gasteiger partial charge is 0.410 e. The number of rotatable bonds is 5. The lowest BCUT2D eigenvalue weighted by molar-refractivity contribution is 0.0187. The van der Waals surface area contributed by atoms with Crippen molar-refractivity contribution in [1.82, 2.24) is 20.0 Å². The van der Waals surface area contributed by atoms with E-state index in [1.165, 1.54) is 5.69 Å². The van der Waals surface area contributed by atoms with Gasteiger partial charge < -0.3 is 15.0 Å². The van der Waals surface area contributed by atoms with Gasteiger partial charge in [-0.3, -0.25) is 4.68 Å². The van der Waals surface area contributed by atoms with E-state index in [4.69, 9.17) is 4.74 Å². The number of ether oxygens (including phenoxy) is 1. The summed E-state index contributed by atoms with van der Waals surface area (Å²) in [5, 5.41) is 7.91. The van der Waals surface area contributed by atoms with Gasteiger partial charge in [0.05, 0.1) is 5.69 Å².